The van der Waals surface area contributed by atoms with Crippen LogP contribution in [0.2, 0.25) is 0 Å². The Morgan fingerprint density at radius 3 is 2.65 bits per heavy atom. The van der Waals surface area contributed by atoms with Crippen LogP contribution in [0.15, 0.2) is 48.5 Å². The zero-order valence-corrected chi connectivity index (χ0v) is 12.1. The lowest BCUT2D eigenvalue weighted by atomic mass is 10.0. The molecule has 104 valence electrons. The molecule has 0 saturated carbocycles. The van der Waals surface area contributed by atoms with E-state index >= 15 is 0 Å². The Balaban J connectivity index is 1.86. The van der Waals surface area contributed by atoms with Gasteiger partial charge in [0.25, 0.3) is 0 Å². The van der Waals surface area contributed by atoms with Crippen molar-refractivity contribution < 1.29 is 9.32 Å². The smallest absolute Gasteiger partial charge is 0.0685 e. The summed E-state index contributed by atoms with van der Waals surface area (Å²) in [5, 5.41) is 9.56. The van der Waals surface area contributed by atoms with E-state index in [1.807, 2.05) is 42.5 Å². The highest BCUT2D eigenvalue weighted by molar-refractivity contribution is 7.84. The second-order valence-corrected chi connectivity index (χ2v) is 6.81. The molecule has 2 nitrogen and oxygen atoms in total. The van der Waals surface area contributed by atoms with E-state index < -0.39 is 10.8 Å². The first kappa shape index (κ1) is 13.5. The third-order valence-corrected chi connectivity index (χ3v) is 5.65. The van der Waals surface area contributed by atoms with E-state index in [9.17, 15) is 9.32 Å². The molecule has 0 fully saturated rings. The molecule has 2 unspecified atom stereocenters. The molecule has 0 radical (unpaired) electrons. The Bertz CT molecular complexity index is 622. The van der Waals surface area contributed by atoms with Gasteiger partial charge in [0.15, 0.2) is 0 Å². The van der Waals surface area contributed by atoms with E-state index in [4.69, 9.17) is 0 Å². The van der Waals surface area contributed by atoms with Gasteiger partial charge >= 0.3 is 0 Å². The Kier molecular flexibility index (Phi) is 3.99. The van der Waals surface area contributed by atoms with E-state index in [-0.39, 0.29) is 11.9 Å². The molecule has 20 heavy (non-hydrogen) atoms. The van der Waals surface area contributed by atoms with Gasteiger partial charge in [-0.2, -0.15) is 0 Å². The van der Waals surface area contributed by atoms with Crippen molar-refractivity contribution in [3.05, 3.63) is 70.8 Å². The fourth-order valence-corrected chi connectivity index (χ4v) is 4.64. The van der Waals surface area contributed by atoms with E-state index in [0.717, 1.165) is 29.5 Å². The standard InChI is InChI=1S/C17H18O2S/c18-11-15-8-4-7-14-9-10-16(17(14)15)20(19)12-13-5-2-1-3-6-13/h1-8,16,18H,9-12H2. The first-order valence-electron chi connectivity index (χ1n) is 6.92. The Morgan fingerprint density at radius 1 is 1.10 bits per heavy atom. The Morgan fingerprint density at radius 2 is 1.90 bits per heavy atom. The maximum Gasteiger partial charge on any atom is 0.0685 e. The topological polar surface area (TPSA) is 37.3 Å². The summed E-state index contributed by atoms with van der Waals surface area (Å²) in [5.74, 6) is 0.588. The van der Waals surface area contributed by atoms with Gasteiger partial charge in [-0.15, -0.1) is 0 Å². The summed E-state index contributed by atoms with van der Waals surface area (Å²) >= 11 is 0. The second kappa shape index (κ2) is 5.90. The highest BCUT2D eigenvalue weighted by Crippen LogP contribution is 2.38. The van der Waals surface area contributed by atoms with Gasteiger partial charge < -0.3 is 5.11 Å². The van der Waals surface area contributed by atoms with Crippen molar-refractivity contribution in [3.63, 3.8) is 0 Å². The molecular formula is C17H18O2S. The molecule has 0 amide bonds. The molecule has 1 aliphatic carbocycles. The van der Waals surface area contributed by atoms with Gasteiger partial charge in [0.1, 0.15) is 0 Å². The molecule has 1 aliphatic rings. The predicted octanol–water partition coefficient (Wildman–Crippen LogP) is 3.12. The molecule has 2 aromatic carbocycles. The van der Waals surface area contributed by atoms with Gasteiger partial charge in [-0.3, -0.25) is 4.21 Å². The van der Waals surface area contributed by atoms with Crippen molar-refractivity contribution in [2.24, 2.45) is 0 Å². The van der Waals surface area contributed by atoms with Crippen molar-refractivity contribution >= 4 is 10.8 Å². The van der Waals surface area contributed by atoms with Crippen LogP contribution in [0.3, 0.4) is 0 Å². The number of aryl methyl sites for hydroxylation is 1. The van der Waals surface area contributed by atoms with E-state index in [2.05, 4.69) is 6.07 Å². The minimum atomic E-state index is -0.931. The summed E-state index contributed by atoms with van der Waals surface area (Å²) in [6.07, 6.45) is 1.89. The maximum absolute atomic E-state index is 12.7. The van der Waals surface area contributed by atoms with Crippen LogP contribution >= 0.6 is 0 Å². The minimum Gasteiger partial charge on any atom is -0.392 e. The highest BCUT2D eigenvalue weighted by atomic mass is 32.2. The fourth-order valence-electron chi connectivity index (χ4n) is 2.97. The van der Waals surface area contributed by atoms with E-state index in [1.165, 1.54) is 5.56 Å². The molecule has 3 heteroatoms. The summed E-state index contributed by atoms with van der Waals surface area (Å²) in [4.78, 5) is 0. The molecule has 0 bridgehead atoms. The van der Waals surface area contributed by atoms with Crippen LogP contribution in [0.4, 0.5) is 0 Å². The largest absolute Gasteiger partial charge is 0.392 e. The lowest BCUT2D eigenvalue weighted by molar-refractivity contribution is 0.280. The lowest BCUT2D eigenvalue weighted by Gasteiger charge is -2.15. The van der Waals surface area contributed by atoms with Gasteiger partial charge in [-0.1, -0.05) is 48.5 Å². The molecule has 2 aromatic rings. The molecule has 0 spiro atoms. The summed E-state index contributed by atoms with van der Waals surface area (Å²) in [7, 11) is -0.931. The van der Waals surface area contributed by atoms with Crippen molar-refractivity contribution in [1.29, 1.82) is 0 Å². The van der Waals surface area contributed by atoms with Crippen LogP contribution in [-0.2, 0) is 29.6 Å². The van der Waals surface area contributed by atoms with Gasteiger partial charge in [0.2, 0.25) is 0 Å². The third kappa shape index (κ3) is 2.56. The van der Waals surface area contributed by atoms with Crippen LogP contribution in [0.5, 0.6) is 0 Å². The van der Waals surface area contributed by atoms with Gasteiger partial charge in [0, 0.05) is 16.6 Å². The van der Waals surface area contributed by atoms with Gasteiger partial charge in [0.05, 0.1) is 11.9 Å². The average Bonchev–Trinajstić information content (AvgIpc) is 2.92. The molecule has 3 rings (SSSR count). The number of aliphatic hydroxyl groups is 1. The van der Waals surface area contributed by atoms with Crippen molar-refractivity contribution in [2.75, 3.05) is 0 Å². The van der Waals surface area contributed by atoms with Gasteiger partial charge in [-0.25, -0.2) is 0 Å². The van der Waals surface area contributed by atoms with Crippen LogP contribution in [0, 0.1) is 0 Å². The summed E-state index contributed by atoms with van der Waals surface area (Å²) < 4.78 is 12.7. The minimum absolute atomic E-state index is 0.0300. The van der Waals surface area contributed by atoms with Crippen molar-refractivity contribution in [3.8, 4) is 0 Å². The third-order valence-electron chi connectivity index (χ3n) is 3.92. The summed E-state index contributed by atoms with van der Waals surface area (Å²) in [6.45, 7) is 0.0300. The normalized spacial score (nSPS) is 18.8. The van der Waals surface area contributed by atoms with E-state index in [1.54, 1.807) is 0 Å². The zero-order valence-electron chi connectivity index (χ0n) is 11.3. The lowest BCUT2D eigenvalue weighted by Crippen LogP contribution is -2.08. The number of benzene rings is 2. The molecule has 0 aliphatic heterocycles. The number of fused-ring (bicyclic) bond motifs is 1. The molecule has 0 saturated heterocycles. The first-order valence-corrected chi connectivity index (χ1v) is 8.30. The van der Waals surface area contributed by atoms with Crippen molar-refractivity contribution in [2.45, 2.75) is 30.5 Å². The van der Waals surface area contributed by atoms with E-state index in [0.29, 0.717) is 5.75 Å². The monoisotopic (exact) mass is 286 g/mol. The first-order chi connectivity index (χ1) is 9.79. The Labute approximate surface area is 121 Å². The highest BCUT2D eigenvalue weighted by Gasteiger charge is 2.29. The number of rotatable bonds is 4. The molecule has 0 heterocycles. The number of hydrogen-bond acceptors (Lipinski definition) is 2. The van der Waals surface area contributed by atoms with Crippen LogP contribution in [-0.4, -0.2) is 9.32 Å². The quantitative estimate of drug-likeness (QED) is 0.937. The summed E-state index contributed by atoms with van der Waals surface area (Å²) in [5.41, 5.74) is 4.43. The fraction of sp³-hybridized carbons (Fsp3) is 0.294. The van der Waals surface area contributed by atoms with Gasteiger partial charge in [-0.05, 0) is 35.1 Å². The zero-order chi connectivity index (χ0) is 13.9. The maximum atomic E-state index is 12.7. The number of hydrogen-bond donors (Lipinski definition) is 1. The predicted molar refractivity (Wildman–Crippen MR) is 81.7 cm³/mol. The van der Waals surface area contributed by atoms with Crippen LogP contribution in [0.1, 0.15) is 33.9 Å². The number of aliphatic hydroxyl groups excluding tert-OH is 1. The molecule has 2 atom stereocenters. The second-order valence-electron chi connectivity index (χ2n) is 5.19. The van der Waals surface area contributed by atoms with Crippen molar-refractivity contribution in [1.82, 2.24) is 0 Å². The van der Waals surface area contributed by atoms with Crippen LogP contribution in [0.25, 0.3) is 0 Å². The summed E-state index contributed by atoms with van der Waals surface area (Å²) in [6, 6.07) is 16.0. The average molecular weight is 286 g/mol. The van der Waals surface area contributed by atoms with Crippen LogP contribution < -0.4 is 0 Å². The SMILES string of the molecule is O=S(Cc1ccccc1)C1CCc2cccc(CO)c21. The molecule has 1 N–H and O–H groups in total. The molecular weight excluding hydrogens is 268 g/mol. The molecule has 0 aromatic heterocycles. The Hall–Kier alpha value is -1.45.